The highest BCUT2D eigenvalue weighted by Gasteiger charge is 2.23. The third-order valence-corrected chi connectivity index (χ3v) is 4.10. The van der Waals surface area contributed by atoms with Gasteiger partial charge < -0.3 is 5.32 Å². The van der Waals surface area contributed by atoms with Gasteiger partial charge in [0, 0.05) is 19.1 Å². The number of nitrogens with zero attached hydrogens (tertiary/aromatic N) is 1. The number of likely N-dealkylation sites (tertiary alicyclic amines) is 1. The Morgan fingerprint density at radius 3 is 3.00 bits per heavy atom. The highest BCUT2D eigenvalue weighted by atomic mass is 15.1. The molecule has 2 nitrogen and oxygen atoms in total. The Kier molecular flexibility index (Phi) is 5.41. The first-order valence-electron chi connectivity index (χ1n) is 7.68. The molecule has 0 amide bonds. The van der Waals surface area contributed by atoms with Crippen LogP contribution >= 0.6 is 0 Å². The molecular formula is C17H28N2. The lowest BCUT2D eigenvalue weighted by Crippen LogP contribution is -2.29. The molecule has 2 heteroatoms. The van der Waals surface area contributed by atoms with Gasteiger partial charge in [0.05, 0.1) is 0 Å². The van der Waals surface area contributed by atoms with E-state index in [4.69, 9.17) is 0 Å². The van der Waals surface area contributed by atoms with Crippen LogP contribution in [0.25, 0.3) is 0 Å². The van der Waals surface area contributed by atoms with Crippen LogP contribution < -0.4 is 5.32 Å². The molecule has 0 bridgehead atoms. The van der Waals surface area contributed by atoms with Crippen molar-refractivity contribution >= 4 is 0 Å². The molecule has 0 saturated carbocycles. The molecule has 19 heavy (non-hydrogen) atoms. The van der Waals surface area contributed by atoms with Crippen molar-refractivity contribution < 1.29 is 0 Å². The predicted molar refractivity (Wildman–Crippen MR) is 82.3 cm³/mol. The van der Waals surface area contributed by atoms with Crippen molar-refractivity contribution in [3.8, 4) is 0 Å². The van der Waals surface area contributed by atoms with Gasteiger partial charge in [-0.3, -0.25) is 4.90 Å². The molecule has 1 aromatic rings. The number of hydrogen-bond acceptors (Lipinski definition) is 2. The fourth-order valence-corrected chi connectivity index (χ4v) is 3.25. The van der Waals surface area contributed by atoms with Crippen molar-refractivity contribution in [1.82, 2.24) is 10.2 Å². The summed E-state index contributed by atoms with van der Waals surface area (Å²) >= 11 is 0. The van der Waals surface area contributed by atoms with E-state index < -0.39 is 0 Å². The minimum Gasteiger partial charge on any atom is -0.315 e. The van der Waals surface area contributed by atoms with E-state index in [-0.39, 0.29) is 0 Å². The van der Waals surface area contributed by atoms with Crippen molar-refractivity contribution in [2.45, 2.75) is 46.2 Å². The summed E-state index contributed by atoms with van der Waals surface area (Å²) in [7, 11) is 0. The van der Waals surface area contributed by atoms with E-state index >= 15 is 0 Å². The molecule has 2 rings (SSSR count). The summed E-state index contributed by atoms with van der Waals surface area (Å²) in [6.07, 6.45) is 2.68. The summed E-state index contributed by atoms with van der Waals surface area (Å²) in [5.41, 5.74) is 2.83. The highest BCUT2D eigenvalue weighted by Crippen LogP contribution is 2.22. The second-order valence-electron chi connectivity index (χ2n) is 6.07. The molecule has 1 aliphatic heterocycles. The number of nitrogens with one attached hydrogen (secondary N) is 1. The first-order chi connectivity index (χ1) is 9.17. The third-order valence-electron chi connectivity index (χ3n) is 4.10. The molecule has 2 unspecified atom stereocenters. The Morgan fingerprint density at radius 1 is 1.42 bits per heavy atom. The summed E-state index contributed by atoms with van der Waals surface area (Å²) in [4.78, 5) is 2.61. The van der Waals surface area contributed by atoms with Gasteiger partial charge in [-0.25, -0.2) is 0 Å². The molecule has 106 valence electrons. The maximum atomic E-state index is 3.53. The normalized spacial score (nSPS) is 21.7. The zero-order valence-corrected chi connectivity index (χ0v) is 12.7. The fourth-order valence-electron chi connectivity index (χ4n) is 3.25. The number of rotatable bonds is 6. The van der Waals surface area contributed by atoms with Crippen LogP contribution in [0, 0.1) is 12.8 Å². The molecule has 0 aliphatic carbocycles. The molecule has 0 aromatic heterocycles. The maximum Gasteiger partial charge on any atom is 0.0233 e. The smallest absolute Gasteiger partial charge is 0.0233 e. The second-order valence-corrected chi connectivity index (χ2v) is 6.07. The van der Waals surface area contributed by atoms with E-state index in [0.717, 1.165) is 19.0 Å². The lowest BCUT2D eigenvalue weighted by atomic mass is 10.00. The van der Waals surface area contributed by atoms with Crippen LogP contribution in [-0.2, 0) is 6.54 Å². The van der Waals surface area contributed by atoms with Crippen LogP contribution in [0.4, 0.5) is 0 Å². The summed E-state index contributed by atoms with van der Waals surface area (Å²) in [6.45, 7) is 11.4. The fraction of sp³-hybridized carbons (Fsp3) is 0.647. The number of aryl methyl sites for hydroxylation is 1. The monoisotopic (exact) mass is 260 g/mol. The minimum atomic E-state index is 0.661. The topological polar surface area (TPSA) is 15.3 Å². The molecule has 1 aromatic carbocycles. The molecule has 1 N–H and O–H groups in total. The Balaban J connectivity index is 1.79. The predicted octanol–water partition coefficient (Wildman–Crippen LogP) is 3.21. The van der Waals surface area contributed by atoms with E-state index in [1.807, 2.05) is 0 Å². The van der Waals surface area contributed by atoms with Gasteiger partial charge in [0.2, 0.25) is 0 Å². The Labute approximate surface area is 118 Å². The number of hydrogen-bond donors (Lipinski definition) is 1. The first kappa shape index (κ1) is 14.5. The molecule has 1 heterocycles. The van der Waals surface area contributed by atoms with Gasteiger partial charge in [-0.15, -0.1) is 0 Å². The van der Waals surface area contributed by atoms with Crippen molar-refractivity contribution in [1.29, 1.82) is 0 Å². The van der Waals surface area contributed by atoms with Crippen molar-refractivity contribution in [2.24, 2.45) is 5.92 Å². The zero-order chi connectivity index (χ0) is 13.7. The first-order valence-corrected chi connectivity index (χ1v) is 7.68. The van der Waals surface area contributed by atoms with Crippen LogP contribution in [-0.4, -0.2) is 30.6 Å². The summed E-state index contributed by atoms with van der Waals surface area (Å²) in [5, 5.41) is 3.53. The average molecular weight is 260 g/mol. The van der Waals surface area contributed by atoms with Gasteiger partial charge >= 0.3 is 0 Å². The van der Waals surface area contributed by atoms with Crippen LogP contribution in [0.1, 0.15) is 37.8 Å². The van der Waals surface area contributed by atoms with Crippen LogP contribution in [0.15, 0.2) is 24.3 Å². The molecule has 1 fully saturated rings. The highest BCUT2D eigenvalue weighted by molar-refractivity contribution is 5.22. The largest absolute Gasteiger partial charge is 0.315 e. The van der Waals surface area contributed by atoms with E-state index in [0.29, 0.717) is 6.04 Å². The molecule has 2 atom stereocenters. The van der Waals surface area contributed by atoms with Crippen LogP contribution in [0.5, 0.6) is 0 Å². The van der Waals surface area contributed by atoms with Crippen molar-refractivity contribution in [3.05, 3.63) is 35.4 Å². The van der Waals surface area contributed by atoms with E-state index in [2.05, 4.69) is 55.3 Å². The average Bonchev–Trinajstić information content (AvgIpc) is 2.76. The van der Waals surface area contributed by atoms with Gasteiger partial charge in [-0.1, -0.05) is 36.8 Å². The van der Waals surface area contributed by atoms with Gasteiger partial charge in [0.15, 0.2) is 0 Å². The van der Waals surface area contributed by atoms with Crippen molar-refractivity contribution in [3.63, 3.8) is 0 Å². The zero-order valence-electron chi connectivity index (χ0n) is 12.7. The van der Waals surface area contributed by atoms with E-state index in [1.165, 1.54) is 37.1 Å². The Bertz CT molecular complexity index is 389. The summed E-state index contributed by atoms with van der Waals surface area (Å²) < 4.78 is 0. The Morgan fingerprint density at radius 2 is 2.26 bits per heavy atom. The molecule has 0 spiro atoms. The SMILES string of the molecule is CCNC(C)CC1CCN(Cc2cccc(C)c2)C1. The maximum absolute atomic E-state index is 3.53. The van der Waals surface area contributed by atoms with Gasteiger partial charge in [0.25, 0.3) is 0 Å². The van der Waals surface area contributed by atoms with Gasteiger partial charge in [0.1, 0.15) is 0 Å². The lowest BCUT2D eigenvalue weighted by Gasteiger charge is -2.19. The molecule has 1 aliphatic rings. The van der Waals surface area contributed by atoms with E-state index in [9.17, 15) is 0 Å². The summed E-state index contributed by atoms with van der Waals surface area (Å²) in [5.74, 6) is 0.874. The van der Waals surface area contributed by atoms with Crippen LogP contribution in [0.3, 0.4) is 0 Å². The molecule has 0 radical (unpaired) electrons. The Hall–Kier alpha value is -0.860. The van der Waals surface area contributed by atoms with Gasteiger partial charge in [-0.2, -0.15) is 0 Å². The van der Waals surface area contributed by atoms with Gasteiger partial charge in [-0.05, 0) is 51.3 Å². The van der Waals surface area contributed by atoms with Crippen molar-refractivity contribution in [2.75, 3.05) is 19.6 Å². The summed E-state index contributed by atoms with van der Waals surface area (Å²) in [6, 6.07) is 9.57. The van der Waals surface area contributed by atoms with Crippen LogP contribution in [0.2, 0.25) is 0 Å². The lowest BCUT2D eigenvalue weighted by molar-refractivity contribution is 0.306. The van der Waals surface area contributed by atoms with E-state index in [1.54, 1.807) is 0 Å². The number of benzene rings is 1. The quantitative estimate of drug-likeness (QED) is 0.845. The molecular weight excluding hydrogens is 232 g/mol. The third kappa shape index (κ3) is 4.63. The minimum absolute atomic E-state index is 0.661. The second kappa shape index (κ2) is 7.06. The standard InChI is InChI=1S/C17H28N2/c1-4-18-15(3)11-17-8-9-19(13-17)12-16-7-5-6-14(2)10-16/h5-7,10,15,17-18H,4,8-9,11-13H2,1-3H3. The molecule has 1 saturated heterocycles.